The maximum absolute atomic E-state index is 12.7. The Morgan fingerprint density at radius 2 is 2.00 bits per heavy atom. The monoisotopic (exact) mass is 425 g/mol. The Morgan fingerprint density at radius 3 is 2.73 bits per heavy atom. The molecule has 30 heavy (non-hydrogen) atoms. The van der Waals surface area contributed by atoms with E-state index in [-0.39, 0.29) is 29.2 Å². The van der Waals surface area contributed by atoms with Gasteiger partial charge in [0.25, 0.3) is 0 Å². The van der Waals surface area contributed by atoms with E-state index in [2.05, 4.69) is 22.3 Å². The molecule has 0 spiro atoms. The van der Waals surface area contributed by atoms with Gasteiger partial charge in [0.15, 0.2) is 0 Å². The summed E-state index contributed by atoms with van der Waals surface area (Å²) in [6, 6.07) is 5.61. The molecule has 1 fully saturated rings. The third kappa shape index (κ3) is 7.55. The van der Waals surface area contributed by atoms with Crippen LogP contribution in [0.25, 0.3) is 0 Å². The second-order valence-corrected chi connectivity index (χ2v) is 7.73. The number of anilines is 1. The highest BCUT2D eigenvalue weighted by molar-refractivity contribution is 5.95. The molecular formula is C22H33F2N3O3. The first-order valence-corrected chi connectivity index (χ1v) is 10.8. The summed E-state index contributed by atoms with van der Waals surface area (Å²) >= 11 is 0. The molecule has 1 aromatic carbocycles. The van der Waals surface area contributed by atoms with E-state index >= 15 is 0 Å². The zero-order valence-corrected chi connectivity index (χ0v) is 17.8. The molecule has 1 heterocycles. The number of unbranched alkanes of at least 4 members (excludes halogenated alkanes) is 3. The van der Waals surface area contributed by atoms with Crippen LogP contribution in [0.2, 0.25) is 0 Å². The highest BCUT2D eigenvalue weighted by atomic mass is 19.3. The first-order valence-electron chi connectivity index (χ1n) is 10.8. The molecule has 1 aromatic rings. The van der Waals surface area contributed by atoms with Gasteiger partial charge in [-0.3, -0.25) is 14.5 Å². The smallest absolute Gasteiger partial charge is 0.387 e. The minimum Gasteiger partial charge on any atom is -0.433 e. The molecule has 0 saturated carbocycles. The van der Waals surface area contributed by atoms with Gasteiger partial charge in [-0.15, -0.1) is 0 Å². The second-order valence-electron chi connectivity index (χ2n) is 7.73. The number of hydrogen-bond donors (Lipinski definition) is 2. The molecule has 1 aliphatic rings. The van der Waals surface area contributed by atoms with Gasteiger partial charge < -0.3 is 15.4 Å². The summed E-state index contributed by atoms with van der Waals surface area (Å²) in [5.74, 6) is -0.498. The third-order valence-corrected chi connectivity index (χ3v) is 5.44. The van der Waals surface area contributed by atoms with Crippen molar-refractivity contribution in [3.63, 3.8) is 0 Å². The standard InChI is InChI=1S/C22H33F2N3O3/c1-3-4-5-8-13-25-21(29)17-10-9-14-27(15-17)16(2)20(28)26-18-11-6-7-12-19(18)30-22(23)24/h6-7,11-12,16-17,22H,3-5,8-10,13-15H2,1-2H3,(H,25,29)(H,26,28). The van der Waals surface area contributed by atoms with Crippen LogP contribution in [0.4, 0.5) is 14.5 Å². The van der Waals surface area contributed by atoms with Crippen molar-refractivity contribution in [1.29, 1.82) is 0 Å². The zero-order valence-electron chi connectivity index (χ0n) is 17.8. The van der Waals surface area contributed by atoms with E-state index in [0.29, 0.717) is 19.6 Å². The van der Waals surface area contributed by atoms with Gasteiger partial charge in [0.2, 0.25) is 11.8 Å². The topological polar surface area (TPSA) is 70.7 Å². The number of rotatable bonds is 11. The third-order valence-electron chi connectivity index (χ3n) is 5.44. The Kier molecular flexibility index (Phi) is 10.00. The summed E-state index contributed by atoms with van der Waals surface area (Å²) in [6.45, 7) is 2.85. The fourth-order valence-corrected chi connectivity index (χ4v) is 3.65. The zero-order chi connectivity index (χ0) is 21.9. The summed E-state index contributed by atoms with van der Waals surface area (Å²) in [4.78, 5) is 27.2. The lowest BCUT2D eigenvalue weighted by atomic mass is 9.95. The van der Waals surface area contributed by atoms with Gasteiger partial charge in [0.1, 0.15) is 5.75 Å². The van der Waals surface area contributed by atoms with Crippen molar-refractivity contribution in [3.8, 4) is 5.75 Å². The van der Waals surface area contributed by atoms with Crippen molar-refractivity contribution in [1.82, 2.24) is 10.2 Å². The Morgan fingerprint density at radius 1 is 1.23 bits per heavy atom. The highest BCUT2D eigenvalue weighted by Gasteiger charge is 2.31. The fraction of sp³-hybridized carbons (Fsp3) is 0.636. The van der Waals surface area contributed by atoms with Crippen molar-refractivity contribution >= 4 is 17.5 Å². The van der Waals surface area contributed by atoms with Gasteiger partial charge in [0.05, 0.1) is 17.6 Å². The molecule has 8 heteroatoms. The van der Waals surface area contributed by atoms with Gasteiger partial charge in [-0.2, -0.15) is 8.78 Å². The molecule has 0 aliphatic carbocycles. The minimum atomic E-state index is -2.97. The van der Waals surface area contributed by atoms with E-state index in [1.807, 2.05) is 4.90 Å². The number of likely N-dealkylation sites (tertiary alicyclic amines) is 1. The molecule has 2 amide bonds. The summed E-state index contributed by atoms with van der Waals surface area (Å²) in [5.41, 5.74) is 0.202. The summed E-state index contributed by atoms with van der Waals surface area (Å²) in [7, 11) is 0. The fourth-order valence-electron chi connectivity index (χ4n) is 3.65. The number of carbonyl (C=O) groups excluding carboxylic acids is 2. The number of halogens is 2. The molecule has 168 valence electrons. The number of para-hydroxylation sites is 2. The van der Waals surface area contributed by atoms with Gasteiger partial charge in [-0.1, -0.05) is 38.3 Å². The first-order chi connectivity index (χ1) is 14.4. The van der Waals surface area contributed by atoms with Crippen LogP contribution in [-0.2, 0) is 9.59 Å². The van der Waals surface area contributed by atoms with Crippen molar-refractivity contribution < 1.29 is 23.1 Å². The minimum absolute atomic E-state index is 0.0412. The van der Waals surface area contributed by atoms with E-state index in [9.17, 15) is 18.4 Å². The van der Waals surface area contributed by atoms with Gasteiger partial charge in [0, 0.05) is 13.1 Å². The SMILES string of the molecule is CCCCCCNC(=O)C1CCCN(C(C)C(=O)Nc2ccccc2OC(F)F)C1. The van der Waals surface area contributed by atoms with Crippen LogP contribution in [0.5, 0.6) is 5.75 Å². The number of ether oxygens (including phenoxy) is 1. The number of benzene rings is 1. The highest BCUT2D eigenvalue weighted by Crippen LogP contribution is 2.26. The lowest BCUT2D eigenvalue weighted by Gasteiger charge is -2.35. The number of carbonyl (C=O) groups is 2. The van der Waals surface area contributed by atoms with E-state index < -0.39 is 12.7 Å². The van der Waals surface area contributed by atoms with Gasteiger partial charge >= 0.3 is 6.61 Å². The Bertz CT molecular complexity index is 687. The van der Waals surface area contributed by atoms with Crippen LogP contribution >= 0.6 is 0 Å². The summed E-state index contributed by atoms with van der Waals surface area (Å²) in [5, 5.41) is 5.68. The summed E-state index contributed by atoms with van der Waals surface area (Å²) in [6.07, 6.45) is 6.05. The second kappa shape index (κ2) is 12.5. The van der Waals surface area contributed by atoms with Crippen molar-refractivity contribution in [2.45, 2.75) is 65.0 Å². The summed E-state index contributed by atoms with van der Waals surface area (Å²) < 4.78 is 29.6. The molecule has 2 N–H and O–H groups in total. The molecular weight excluding hydrogens is 392 g/mol. The van der Waals surface area contributed by atoms with Crippen molar-refractivity contribution in [2.75, 3.05) is 25.0 Å². The van der Waals surface area contributed by atoms with Crippen molar-refractivity contribution in [3.05, 3.63) is 24.3 Å². The quantitative estimate of drug-likeness (QED) is 0.526. The van der Waals surface area contributed by atoms with Gasteiger partial charge in [-0.05, 0) is 44.9 Å². The Hall–Kier alpha value is -2.22. The van der Waals surface area contributed by atoms with E-state index in [1.165, 1.54) is 18.6 Å². The predicted molar refractivity (Wildman–Crippen MR) is 113 cm³/mol. The maximum atomic E-state index is 12.7. The van der Waals surface area contributed by atoms with Crippen LogP contribution < -0.4 is 15.4 Å². The average molecular weight is 426 g/mol. The maximum Gasteiger partial charge on any atom is 0.387 e. The largest absolute Gasteiger partial charge is 0.433 e. The first kappa shape index (κ1) is 24.1. The Labute approximate surface area is 177 Å². The molecule has 0 bridgehead atoms. The van der Waals surface area contributed by atoms with Crippen LogP contribution in [0.3, 0.4) is 0 Å². The van der Waals surface area contributed by atoms with E-state index in [0.717, 1.165) is 32.1 Å². The lowest BCUT2D eigenvalue weighted by Crippen LogP contribution is -2.50. The molecule has 1 aliphatic heterocycles. The molecule has 2 atom stereocenters. The number of nitrogens with one attached hydrogen (secondary N) is 2. The van der Waals surface area contributed by atoms with Crippen LogP contribution in [0.15, 0.2) is 24.3 Å². The number of hydrogen-bond acceptors (Lipinski definition) is 4. The molecule has 1 saturated heterocycles. The van der Waals surface area contributed by atoms with Crippen LogP contribution in [-0.4, -0.2) is 49.0 Å². The molecule has 0 aromatic heterocycles. The molecule has 0 radical (unpaired) electrons. The number of alkyl halides is 2. The number of amides is 2. The van der Waals surface area contributed by atoms with Crippen molar-refractivity contribution in [2.24, 2.45) is 5.92 Å². The molecule has 2 rings (SSSR count). The van der Waals surface area contributed by atoms with Crippen LogP contribution in [0, 0.1) is 5.92 Å². The van der Waals surface area contributed by atoms with E-state index in [4.69, 9.17) is 0 Å². The molecule has 2 unspecified atom stereocenters. The lowest BCUT2D eigenvalue weighted by molar-refractivity contribution is -0.129. The normalized spacial score (nSPS) is 18.1. The van der Waals surface area contributed by atoms with Crippen LogP contribution in [0.1, 0.15) is 52.4 Å². The molecule has 6 nitrogen and oxygen atoms in total. The Balaban J connectivity index is 1.88. The number of piperidine rings is 1. The predicted octanol–water partition coefficient (Wildman–Crippen LogP) is 4.02. The number of nitrogens with zero attached hydrogens (tertiary/aromatic N) is 1. The average Bonchev–Trinajstić information content (AvgIpc) is 2.74. The van der Waals surface area contributed by atoms with E-state index in [1.54, 1.807) is 19.1 Å². The van der Waals surface area contributed by atoms with Gasteiger partial charge in [-0.25, -0.2) is 0 Å².